The molecule has 16 heavy (non-hydrogen) atoms. The van der Waals surface area contributed by atoms with E-state index in [9.17, 15) is 13.6 Å². The molecule has 0 aliphatic rings. The fraction of sp³-hybridized carbons (Fsp3) is 0. The van der Waals surface area contributed by atoms with E-state index in [-0.39, 0.29) is 16.8 Å². The lowest BCUT2D eigenvalue weighted by atomic mass is 10.1. The molecule has 0 radical (unpaired) electrons. The van der Waals surface area contributed by atoms with Crippen LogP contribution in [0.3, 0.4) is 0 Å². The van der Waals surface area contributed by atoms with Crippen LogP contribution in [0, 0.1) is 11.6 Å². The maximum absolute atomic E-state index is 13.4. The number of anilines is 1. The van der Waals surface area contributed by atoms with Gasteiger partial charge in [0, 0.05) is 18.0 Å². The van der Waals surface area contributed by atoms with Crippen LogP contribution in [0.1, 0.15) is 0 Å². The monoisotopic (exact) mass is 222 g/mol. The number of nitrogen functional groups attached to an aromatic ring is 1. The first-order chi connectivity index (χ1) is 7.61. The molecule has 0 aliphatic heterocycles. The standard InChI is InChI=1S/C11H8F2N2O/c12-8-3-1-2-6(10(8)13)7-4-15-5-9(14)11(7)16/h1-5H,14H2,(H,15,16). The van der Waals surface area contributed by atoms with Gasteiger partial charge in [0.1, 0.15) is 0 Å². The summed E-state index contributed by atoms with van der Waals surface area (Å²) in [7, 11) is 0. The molecule has 2 rings (SSSR count). The van der Waals surface area contributed by atoms with Gasteiger partial charge < -0.3 is 10.7 Å². The Bertz CT molecular complexity index is 593. The maximum atomic E-state index is 13.4. The van der Waals surface area contributed by atoms with Crippen LogP contribution < -0.4 is 11.2 Å². The number of aromatic nitrogens is 1. The number of H-pyrrole nitrogens is 1. The van der Waals surface area contributed by atoms with Crippen molar-refractivity contribution in [2.45, 2.75) is 0 Å². The Morgan fingerprint density at radius 2 is 1.88 bits per heavy atom. The fourth-order valence-corrected chi connectivity index (χ4v) is 1.41. The lowest BCUT2D eigenvalue weighted by Gasteiger charge is -2.03. The molecule has 3 N–H and O–H groups in total. The maximum Gasteiger partial charge on any atom is 0.212 e. The average molecular weight is 222 g/mol. The van der Waals surface area contributed by atoms with E-state index in [0.29, 0.717) is 0 Å². The van der Waals surface area contributed by atoms with E-state index in [4.69, 9.17) is 5.73 Å². The predicted molar refractivity (Wildman–Crippen MR) is 56.8 cm³/mol. The lowest BCUT2D eigenvalue weighted by molar-refractivity contribution is 0.511. The first kappa shape index (κ1) is 10.4. The largest absolute Gasteiger partial charge is 0.394 e. The van der Waals surface area contributed by atoms with Crippen LogP contribution in [-0.4, -0.2) is 4.98 Å². The summed E-state index contributed by atoms with van der Waals surface area (Å²) in [5.41, 5.74) is 4.73. The van der Waals surface area contributed by atoms with Crippen molar-refractivity contribution in [3.63, 3.8) is 0 Å². The minimum absolute atomic E-state index is 0.0111. The molecule has 0 amide bonds. The zero-order valence-electron chi connectivity index (χ0n) is 8.13. The molecule has 0 atom stereocenters. The Kier molecular flexibility index (Phi) is 2.44. The van der Waals surface area contributed by atoms with E-state index >= 15 is 0 Å². The van der Waals surface area contributed by atoms with Crippen LogP contribution in [-0.2, 0) is 0 Å². The molecule has 0 bridgehead atoms. The van der Waals surface area contributed by atoms with Crippen LogP contribution in [0.4, 0.5) is 14.5 Å². The molecule has 1 aromatic heterocycles. The van der Waals surface area contributed by atoms with E-state index in [1.165, 1.54) is 24.5 Å². The van der Waals surface area contributed by atoms with Crippen molar-refractivity contribution in [1.29, 1.82) is 0 Å². The second-order valence-corrected chi connectivity index (χ2v) is 3.25. The summed E-state index contributed by atoms with van der Waals surface area (Å²) in [4.78, 5) is 14.2. The van der Waals surface area contributed by atoms with Crippen molar-refractivity contribution >= 4 is 5.69 Å². The van der Waals surface area contributed by atoms with Gasteiger partial charge in [0.2, 0.25) is 5.43 Å². The van der Waals surface area contributed by atoms with Crippen molar-refractivity contribution in [3.8, 4) is 11.1 Å². The third-order valence-electron chi connectivity index (χ3n) is 2.22. The Morgan fingerprint density at radius 3 is 2.62 bits per heavy atom. The van der Waals surface area contributed by atoms with Gasteiger partial charge in [-0.1, -0.05) is 12.1 Å². The Morgan fingerprint density at radius 1 is 1.12 bits per heavy atom. The molecule has 0 aliphatic carbocycles. The topological polar surface area (TPSA) is 58.9 Å². The number of rotatable bonds is 1. The van der Waals surface area contributed by atoms with Crippen LogP contribution in [0.2, 0.25) is 0 Å². The van der Waals surface area contributed by atoms with Gasteiger partial charge in [-0.15, -0.1) is 0 Å². The summed E-state index contributed by atoms with van der Waals surface area (Å²) in [6, 6.07) is 3.64. The SMILES string of the molecule is Nc1c[nH]cc(-c2cccc(F)c2F)c1=O. The van der Waals surface area contributed by atoms with Gasteiger partial charge in [0.05, 0.1) is 11.3 Å². The third-order valence-corrected chi connectivity index (χ3v) is 2.22. The van der Waals surface area contributed by atoms with Crippen LogP contribution >= 0.6 is 0 Å². The summed E-state index contributed by atoms with van der Waals surface area (Å²) in [5.74, 6) is -2.06. The number of pyridine rings is 1. The van der Waals surface area contributed by atoms with Crippen LogP contribution in [0.25, 0.3) is 11.1 Å². The van der Waals surface area contributed by atoms with Gasteiger partial charge >= 0.3 is 0 Å². The highest BCUT2D eigenvalue weighted by atomic mass is 19.2. The summed E-state index contributed by atoms with van der Waals surface area (Å²) in [6.07, 6.45) is 2.58. The van der Waals surface area contributed by atoms with Crippen molar-refractivity contribution in [2.75, 3.05) is 5.73 Å². The zero-order chi connectivity index (χ0) is 11.7. The summed E-state index contributed by atoms with van der Waals surface area (Å²) < 4.78 is 26.4. The number of benzene rings is 1. The van der Waals surface area contributed by atoms with Gasteiger partial charge in [0.25, 0.3) is 0 Å². The zero-order valence-corrected chi connectivity index (χ0v) is 8.13. The van der Waals surface area contributed by atoms with Gasteiger partial charge in [-0.3, -0.25) is 4.79 Å². The Hall–Kier alpha value is -2.17. The normalized spacial score (nSPS) is 10.4. The number of halogens is 2. The quantitative estimate of drug-likeness (QED) is 0.774. The van der Waals surface area contributed by atoms with Gasteiger partial charge in [-0.05, 0) is 6.07 Å². The molecule has 0 unspecified atom stereocenters. The molecule has 5 heteroatoms. The molecule has 3 nitrogen and oxygen atoms in total. The van der Waals surface area contributed by atoms with E-state index in [0.717, 1.165) is 6.07 Å². The first-order valence-electron chi connectivity index (χ1n) is 4.52. The average Bonchev–Trinajstić information content (AvgIpc) is 2.27. The van der Waals surface area contributed by atoms with Crippen molar-refractivity contribution in [2.24, 2.45) is 0 Å². The number of nitrogens with one attached hydrogen (secondary N) is 1. The first-order valence-corrected chi connectivity index (χ1v) is 4.52. The molecule has 1 heterocycles. The lowest BCUT2D eigenvalue weighted by Crippen LogP contribution is -2.11. The van der Waals surface area contributed by atoms with Crippen molar-refractivity contribution in [1.82, 2.24) is 4.98 Å². The van der Waals surface area contributed by atoms with Crippen LogP contribution in [0.5, 0.6) is 0 Å². The fourth-order valence-electron chi connectivity index (χ4n) is 1.41. The molecule has 82 valence electrons. The summed E-state index contributed by atoms with van der Waals surface area (Å²) in [6.45, 7) is 0. The summed E-state index contributed by atoms with van der Waals surface area (Å²) in [5, 5.41) is 0. The minimum atomic E-state index is -1.06. The molecule has 2 aromatic rings. The highest BCUT2D eigenvalue weighted by Crippen LogP contribution is 2.21. The predicted octanol–water partition coefficient (Wildman–Crippen LogP) is 1.90. The number of hydrogen-bond acceptors (Lipinski definition) is 2. The molecule has 0 saturated carbocycles. The van der Waals surface area contributed by atoms with Crippen molar-refractivity contribution in [3.05, 3.63) is 52.5 Å². The molecule has 0 fully saturated rings. The number of hydrogen-bond donors (Lipinski definition) is 2. The second kappa shape index (κ2) is 3.77. The molecule has 0 saturated heterocycles. The second-order valence-electron chi connectivity index (χ2n) is 3.25. The molecular formula is C11H8F2N2O. The van der Waals surface area contributed by atoms with Crippen LogP contribution in [0.15, 0.2) is 35.4 Å². The highest BCUT2D eigenvalue weighted by Gasteiger charge is 2.13. The Labute approximate surface area is 89.5 Å². The van der Waals surface area contributed by atoms with E-state index in [1.54, 1.807) is 0 Å². The minimum Gasteiger partial charge on any atom is -0.394 e. The smallest absolute Gasteiger partial charge is 0.212 e. The summed E-state index contributed by atoms with van der Waals surface area (Å²) >= 11 is 0. The number of nitrogens with two attached hydrogens (primary N) is 1. The molecule has 1 aromatic carbocycles. The highest BCUT2D eigenvalue weighted by molar-refractivity contribution is 5.66. The van der Waals surface area contributed by atoms with E-state index in [1.807, 2.05) is 0 Å². The molecule has 0 spiro atoms. The Balaban J connectivity index is 2.73. The van der Waals surface area contributed by atoms with Gasteiger partial charge in [-0.25, -0.2) is 8.78 Å². The van der Waals surface area contributed by atoms with Crippen molar-refractivity contribution < 1.29 is 8.78 Å². The van der Waals surface area contributed by atoms with E-state index in [2.05, 4.69) is 4.98 Å². The van der Waals surface area contributed by atoms with E-state index < -0.39 is 17.1 Å². The number of aromatic amines is 1. The molecular weight excluding hydrogens is 214 g/mol. The van der Waals surface area contributed by atoms with Gasteiger partial charge in [0.15, 0.2) is 11.6 Å². The third kappa shape index (κ3) is 1.56. The van der Waals surface area contributed by atoms with Gasteiger partial charge in [-0.2, -0.15) is 0 Å².